The summed E-state index contributed by atoms with van der Waals surface area (Å²) in [5, 5.41) is 7.34. The Kier molecular flexibility index (Phi) is 3.90. The number of aromatic nitrogens is 2. The Balaban J connectivity index is 1.91. The van der Waals surface area contributed by atoms with Crippen LogP contribution in [0, 0.1) is 6.92 Å². The molecule has 106 valence electrons. The third kappa shape index (κ3) is 3.06. The fourth-order valence-electron chi connectivity index (χ4n) is 1.97. The van der Waals surface area contributed by atoms with Crippen molar-refractivity contribution in [1.29, 1.82) is 0 Å². The van der Waals surface area contributed by atoms with E-state index in [1.807, 2.05) is 49.4 Å². The maximum Gasteiger partial charge on any atom is 0.266 e. The number of rotatable bonds is 3. The summed E-state index contributed by atoms with van der Waals surface area (Å²) in [5.41, 5.74) is 1.76. The van der Waals surface area contributed by atoms with Crippen LogP contribution in [0.1, 0.15) is 15.4 Å². The number of nitrogens with one attached hydrogen (secondary N) is 1. The first-order chi connectivity index (χ1) is 10.1. The van der Waals surface area contributed by atoms with Crippen LogP contribution in [0.2, 0.25) is 0 Å². The smallest absolute Gasteiger partial charge is 0.266 e. The summed E-state index contributed by atoms with van der Waals surface area (Å²) in [6.07, 6.45) is 0. The van der Waals surface area contributed by atoms with Crippen molar-refractivity contribution in [3.05, 3.63) is 62.9 Å². The molecule has 0 unspecified atom stereocenters. The van der Waals surface area contributed by atoms with Gasteiger partial charge in [0.2, 0.25) is 0 Å². The number of thiophene rings is 1. The molecule has 0 spiro atoms. The van der Waals surface area contributed by atoms with Crippen LogP contribution in [-0.4, -0.2) is 15.7 Å². The lowest BCUT2D eigenvalue weighted by atomic mass is 10.3. The van der Waals surface area contributed by atoms with Gasteiger partial charge in [-0.15, -0.1) is 11.3 Å². The van der Waals surface area contributed by atoms with E-state index in [-0.39, 0.29) is 5.91 Å². The van der Waals surface area contributed by atoms with E-state index in [4.69, 9.17) is 0 Å². The predicted octanol–water partition coefficient (Wildman–Crippen LogP) is 4.26. The number of amides is 1. The quantitative estimate of drug-likeness (QED) is 0.757. The Morgan fingerprint density at radius 1 is 1.24 bits per heavy atom. The van der Waals surface area contributed by atoms with Gasteiger partial charge in [0.15, 0.2) is 0 Å². The largest absolute Gasteiger partial charge is 0.306 e. The highest BCUT2D eigenvalue weighted by Crippen LogP contribution is 2.24. The molecule has 6 heteroatoms. The van der Waals surface area contributed by atoms with Gasteiger partial charge < -0.3 is 5.32 Å². The second-order valence-electron chi connectivity index (χ2n) is 4.48. The molecule has 21 heavy (non-hydrogen) atoms. The molecule has 2 aromatic heterocycles. The summed E-state index contributed by atoms with van der Waals surface area (Å²) in [5.74, 6) is 0.524. The summed E-state index contributed by atoms with van der Waals surface area (Å²) >= 11 is 4.76. The molecule has 0 bridgehead atoms. The van der Waals surface area contributed by atoms with Crippen molar-refractivity contribution < 1.29 is 4.79 Å². The summed E-state index contributed by atoms with van der Waals surface area (Å²) in [6.45, 7) is 1.90. The van der Waals surface area contributed by atoms with E-state index >= 15 is 0 Å². The minimum Gasteiger partial charge on any atom is -0.306 e. The Hall–Kier alpha value is -1.92. The predicted molar refractivity (Wildman–Crippen MR) is 88.3 cm³/mol. The van der Waals surface area contributed by atoms with Crippen LogP contribution in [0.3, 0.4) is 0 Å². The zero-order chi connectivity index (χ0) is 14.8. The minimum absolute atomic E-state index is 0.136. The molecule has 0 aliphatic heterocycles. The Morgan fingerprint density at radius 3 is 2.67 bits per heavy atom. The van der Waals surface area contributed by atoms with Crippen molar-refractivity contribution in [2.24, 2.45) is 0 Å². The van der Waals surface area contributed by atoms with E-state index in [1.54, 1.807) is 10.7 Å². The van der Waals surface area contributed by atoms with Crippen LogP contribution < -0.4 is 5.32 Å². The van der Waals surface area contributed by atoms with Gasteiger partial charge in [0.25, 0.3) is 5.91 Å². The first-order valence-corrected chi connectivity index (χ1v) is 7.93. The van der Waals surface area contributed by atoms with Gasteiger partial charge in [0, 0.05) is 6.07 Å². The fraction of sp³-hybridized carbons (Fsp3) is 0.0667. The molecule has 1 N–H and O–H groups in total. The molecule has 0 aliphatic carbocycles. The number of carbonyl (C=O) groups excluding carboxylic acids is 1. The second kappa shape index (κ2) is 5.83. The van der Waals surface area contributed by atoms with Crippen molar-refractivity contribution in [1.82, 2.24) is 9.78 Å². The first-order valence-electron chi connectivity index (χ1n) is 6.32. The van der Waals surface area contributed by atoms with Crippen LogP contribution >= 0.6 is 27.3 Å². The molecular weight excluding hydrogens is 350 g/mol. The third-order valence-electron chi connectivity index (χ3n) is 2.87. The molecule has 0 saturated carbocycles. The van der Waals surface area contributed by atoms with Crippen LogP contribution in [0.15, 0.2) is 52.3 Å². The maximum absolute atomic E-state index is 12.3. The Bertz CT molecular complexity index is 779. The van der Waals surface area contributed by atoms with Crippen LogP contribution in [0.25, 0.3) is 5.69 Å². The highest BCUT2D eigenvalue weighted by atomic mass is 79.9. The van der Waals surface area contributed by atoms with Crippen molar-refractivity contribution in [3.8, 4) is 5.69 Å². The maximum atomic E-state index is 12.3. The summed E-state index contributed by atoms with van der Waals surface area (Å²) in [7, 11) is 0. The van der Waals surface area contributed by atoms with Gasteiger partial charge in [-0.25, -0.2) is 4.68 Å². The van der Waals surface area contributed by atoms with E-state index in [9.17, 15) is 4.79 Å². The van der Waals surface area contributed by atoms with Gasteiger partial charge in [-0.2, -0.15) is 5.10 Å². The Labute approximate surface area is 134 Å². The van der Waals surface area contributed by atoms with Gasteiger partial charge in [0.05, 0.1) is 20.0 Å². The summed E-state index contributed by atoms with van der Waals surface area (Å²) < 4.78 is 2.66. The molecule has 1 amide bonds. The standard InChI is InChI=1S/C15H12BrN3OS/c1-10-9-14(17-15(20)12-7-8-13(16)21-12)19(18-10)11-5-3-2-4-6-11/h2-9H,1H3,(H,17,20). The zero-order valence-electron chi connectivity index (χ0n) is 11.2. The average Bonchev–Trinajstić information content (AvgIpc) is 3.06. The monoisotopic (exact) mass is 361 g/mol. The first kappa shape index (κ1) is 14.0. The average molecular weight is 362 g/mol. The fourth-order valence-corrected chi connectivity index (χ4v) is 3.25. The molecule has 1 aromatic carbocycles. The number of nitrogens with zero attached hydrogens (tertiary/aromatic N) is 2. The lowest BCUT2D eigenvalue weighted by molar-refractivity contribution is 0.103. The number of anilines is 1. The molecule has 3 aromatic rings. The molecule has 0 atom stereocenters. The number of halogens is 1. The minimum atomic E-state index is -0.136. The highest BCUT2D eigenvalue weighted by molar-refractivity contribution is 9.11. The van der Waals surface area contributed by atoms with Crippen molar-refractivity contribution in [3.63, 3.8) is 0 Å². The van der Waals surface area contributed by atoms with E-state index < -0.39 is 0 Å². The van der Waals surface area contributed by atoms with Crippen LogP contribution in [0.5, 0.6) is 0 Å². The summed E-state index contributed by atoms with van der Waals surface area (Å²) in [4.78, 5) is 12.9. The van der Waals surface area contributed by atoms with E-state index in [2.05, 4.69) is 26.3 Å². The number of aryl methyl sites for hydroxylation is 1. The topological polar surface area (TPSA) is 46.9 Å². The van der Waals surface area contributed by atoms with Gasteiger partial charge in [-0.05, 0) is 47.1 Å². The number of benzene rings is 1. The lowest BCUT2D eigenvalue weighted by Gasteiger charge is -2.07. The molecule has 4 nitrogen and oxygen atoms in total. The van der Waals surface area contributed by atoms with Crippen LogP contribution in [0.4, 0.5) is 5.82 Å². The van der Waals surface area contributed by atoms with E-state index in [1.165, 1.54) is 11.3 Å². The van der Waals surface area contributed by atoms with Crippen molar-refractivity contribution >= 4 is 39.0 Å². The number of para-hydroxylation sites is 1. The highest BCUT2D eigenvalue weighted by Gasteiger charge is 2.13. The van der Waals surface area contributed by atoms with Gasteiger partial charge >= 0.3 is 0 Å². The van der Waals surface area contributed by atoms with E-state index in [0.29, 0.717) is 10.7 Å². The Morgan fingerprint density at radius 2 is 2.00 bits per heavy atom. The van der Waals surface area contributed by atoms with Gasteiger partial charge in [0.1, 0.15) is 5.82 Å². The second-order valence-corrected chi connectivity index (χ2v) is 6.94. The molecule has 0 radical (unpaired) electrons. The number of hydrogen-bond acceptors (Lipinski definition) is 3. The van der Waals surface area contributed by atoms with Crippen molar-refractivity contribution in [2.45, 2.75) is 6.92 Å². The molecular formula is C15H12BrN3OS. The lowest BCUT2D eigenvalue weighted by Crippen LogP contribution is -2.13. The molecule has 3 rings (SSSR count). The van der Waals surface area contributed by atoms with Crippen LogP contribution in [-0.2, 0) is 0 Å². The summed E-state index contributed by atoms with van der Waals surface area (Å²) in [6, 6.07) is 15.2. The van der Waals surface area contributed by atoms with Gasteiger partial charge in [-0.3, -0.25) is 4.79 Å². The number of hydrogen-bond donors (Lipinski definition) is 1. The zero-order valence-corrected chi connectivity index (χ0v) is 13.6. The SMILES string of the molecule is Cc1cc(NC(=O)c2ccc(Br)s2)n(-c2ccccc2)n1. The molecule has 0 aliphatic rings. The molecule has 0 saturated heterocycles. The third-order valence-corrected chi connectivity index (χ3v) is 4.49. The van der Waals surface area contributed by atoms with Gasteiger partial charge in [-0.1, -0.05) is 18.2 Å². The van der Waals surface area contributed by atoms with E-state index in [0.717, 1.165) is 15.2 Å². The van der Waals surface area contributed by atoms with Crippen molar-refractivity contribution in [2.75, 3.05) is 5.32 Å². The molecule has 0 fully saturated rings. The molecule has 2 heterocycles. The number of carbonyl (C=O) groups is 1. The normalized spacial score (nSPS) is 10.6.